The van der Waals surface area contributed by atoms with Crippen LogP contribution in [0.2, 0.25) is 5.02 Å². The molecule has 0 spiro atoms. The number of thiophene rings is 1. The Morgan fingerprint density at radius 3 is 2.62 bits per heavy atom. The van der Waals surface area contributed by atoms with E-state index in [0.29, 0.717) is 42.1 Å². The predicted molar refractivity (Wildman–Crippen MR) is 149 cm³/mol. The fourth-order valence-electron chi connectivity index (χ4n) is 4.89. The van der Waals surface area contributed by atoms with Gasteiger partial charge < -0.3 is 14.5 Å². The van der Waals surface area contributed by atoms with E-state index in [0.717, 1.165) is 30.6 Å². The van der Waals surface area contributed by atoms with E-state index in [4.69, 9.17) is 16.3 Å². The summed E-state index contributed by atoms with van der Waals surface area (Å²) in [7, 11) is 0. The molecule has 2 amide bonds. The van der Waals surface area contributed by atoms with Crippen LogP contribution in [0.3, 0.4) is 0 Å². The summed E-state index contributed by atoms with van der Waals surface area (Å²) in [6, 6.07) is 17.1. The maximum Gasteiger partial charge on any atom is 0.254 e. The molecule has 1 unspecified atom stereocenters. The van der Waals surface area contributed by atoms with Gasteiger partial charge >= 0.3 is 0 Å². The summed E-state index contributed by atoms with van der Waals surface area (Å²) >= 11 is 7.88. The number of fused-ring (bicyclic) bond motifs is 1. The second-order valence-corrected chi connectivity index (χ2v) is 11.8. The fourth-order valence-corrected chi connectivity index (χ4v) is 6.01. The van der Waals surface area contributed by atoms with Gasteiger partial charge in [0.25, 0.3) is 5.91 Å². The van der Waals surface area contributed by atoms with Crippen molar-refractivity contribution in [2.24, 2.45) is 5.92 Å². The Balaban J connectivity index is 1.32. The van der Waals surface area contributed by atoms with Crippen LogP contribution in [0.1, 0.15) is 65.0 Å². The van der Waals surface area contributed by atoms with Crippen molar-refractivity contribution < 1.29 is 14.3 Å². The highest BCUT2D eigenvalue weighted by Crippen LogP contribution is 2.35. The molecule has 0 radical (unpaired) electrons. The summed E-state index contributed by atoms with van der Waals surface area (Å²) in [4.78, 5) is 32.0. The molecule has 5 nitrogen and oxygen atoms in total. The van der Waals surface area contributed by atoms with Gasteiger partial charge in [-0.15, -0.1) is 11.3 Å². The van der Waals surface area contributed by atoms with E-state index in [1.54, 1.807) is 40.5 Å². The number of amides is 2. The molecule has 7 heteroatoms. The standard InChI is InChI=1S/C30H33ClN2O3S/c1-20(2)22-8-10-25(11-9-22)36-19-27-26-13-15-37-28(26)12-14-33(27)29(34)18-32(17-21-6-7-21)30(35)23-4-3-5-24(31)16-23/h3-5,8-11,13,15-16,20-21,27H,6-7,12,14,17-19H2,1-2H3. The summed E-state index contributed by atoms with van der Waals surface area (Å²) < 4.78 is 6.21. The minimum atomic E-state index is -0.184. The number of nitrogens with zero attached hydrogens (tertiary/aromatic N) is 2. The molecule has 37 heavy (non-hydrogen) atoms. The van der Waals surface area contributed by atoms with E-state index in [1.165, 1.54) is 10.4 Å². The Bertz CT molecular complexity index is 1250. The van der Waals surface area contributed by atoms with Crippen LogP contribution in [0.25, 0.3) is 0 Å². The molecule has 3 aromatic rings. The molecule has 1 aromatic heterocycles. The van der Waals surface area contributed by atoms with Gasteiger partial charge in [-0.2, -0.15) is 0 Å². The Morgan fingerprint density at radius 2 is 1.92 bits per heavy atom. The van der Waals surface area contributed by atoms with Gasteiger partial charge in [-0.1, -0.05) is 43.6 Å². The molecule has 194 valence electrons. The number of hydrogen-bond donors (Lipinski definition) is 0. The van der Waals surface area contributed by atoms with Gasteiger partial charge in [-0.05, 0) is 84.0 Å². The van der Waals surface area contributed by atoms with Crippen molar-refractivity contribution in [3.8, 4) is 5.75 Å². The molecule has 2 aromatic carbocycles. The van der Waals surface area contributed by atoms with Crippen LogP contribution in [0.15, 0.2) is 60.0 Å². The number of ether oxygens (including phenoxy) is 1. The van der Waals surface area contributed by atoms with E-state index in [9.17, 15) is 9.59 Å². The first-order chi connectivity index (χ1) is 17.9. The Morgan fingerprint density at radius 1 is 1.14 bits per heavy atom. The summed E-state index contributed by atoms with van der Waals surface area (Å²) in [6.45, 7) is 5.99. The summed E-state index contributed by atoms with van der Waals surface area (Å²) in [5, 5.41) is 2.61. The number of rotatable bonds is 9. The largest absolute Gasteiger partial charge is 0.491 e. The van der Waals surface area contributed by atoms with Crippen LogP contribution >= 0.6 is 22.9 Å². The summed E-state index contributed by atoms with van der Waals surface area (Å²) in [6.07, 6.45) is 3.02. The molecule has 1 atom stereocenters. The lowest BCUT2D eigenvalue weighted by Gasteiger charge is -2.37. The number of hydrogen-bond acceptors (Lipinski definition) is 4. The average molecular weight is 537 g/mol. The van der Waals surface area contributed by atoms with Gasteiger partial charge in [0.05, 0.1) is 6.04 Å². The van der Waals surface area contributed by atoms with E-state index >= 15 is 0 Å². The molecule has 2 aliphatic rings. The number of carbonyl (C=O) groups is 2. The molecule has 1 aliphatic heterocycles. The smallest absolute Gasteiger partial charge is 0.254 e. The highest BCUT2D eigenvalue weighted by atomic mass is 35.5. The Kier molecular flexibility index (Phi) is 7.87. The van der Waals surface area contributed by atoms with Gasteiger partial charge in [0.2, 0.25) is 5.91 Å². The molecular weight excluding hydrogens is 504 g/mol. The van der Waals surface area contributed by atoms with Crippen LogP contribution in [0.4, 0.5) is 0 Å². The van der Waals surface area contributed by atoms with Crippen LogP contribution in [-0.4, -0.2) is 47.9 Å². The van der Waals surface area contributed by atoms with Crippen LogP contribution in [0.5, 0.6) is 5.75 Å². The van der Waals surface area contributed by atoms with Gasteiger partial charge in [-0.3, -0.25) is 9.59 Å². The monoisotopic (exact) mass is 536 g/mol. The first-order valence-corrected chi connectivity index (χ1v) is 14.3. The zero-order chi connectivity index (χ0) is 25.9. The van der Waals surface area contributed by atoms with Crippen molar-refractivity contribution >= 4 is 34.8 Å². The van der Waals surface area contributed by atoms with Crippen LogP contribution in [0, 0.1) is 5.92 Å². The van der Waals surface area contributed by atoms with Crippen molar-refractivity contribution in [3.63, 3.8) is 0 Å². The SMILES string of the molecule is CC(C)c1ccc(OCC2c3ccsc3CCN2C(=O)CN(CC2CC2)C(=O)c2cccc(Cl)c2)cc1. The number of halogens is 1. The lowest BCUT2D eigenvalue weighted by Crippen LogP contribution is -2.48. The van der Waals surface area contributed by atoms with Gasteiger partial charge in [0.1, 0.15) is 18.9 Å². The van der Waals surface area contributed by atoms with E-state index in [2.05, 4.69) is 37.4 Å². The quantitative estimate of drug-likeness (QED) is 0.310. The van der Waals surface area contributed by atoms with Crippen molar-refractivity contribution in [1.82, 2.24) is 9.80 Å². The molecule has 1 aliphatic carbocycles. The van der Waals surface area contributed by atoms with Crippen molar-refractivity contribution in [2.75, 3.05) is 26.2 Å². The highest BCUT2D eigenvalue weighted by Gasteiger charge is 2.35. The maximum atomic E-state index is 13.7. The summed E-state index contributed by atoms with van der Waals surface area (Å²) in [5.74, 6) is 1.53. The average Bonchev–Trinajstić information content (AvgIpc) is 3.58. The van der Waals surface area contributed by atoms with Crippen molar-refractivity contribution in [3.05, 3.63) is 86.6 Å². The first kappa shape index (κ1) is 25.8. The molecule has 5 rings (SSSR count). The molecule has 0 saturated heterocycles. The molecule has 1 saturated carbocycles. The topological polar surface area (TPSA) is 49.9 Å². The molecular formula is C30H33ClN2O3S. The lowest BCUT2D eigenvalue weighted by atomic mass is 10.00. The maximum absolute atomic E-state index is 13.7. The van der Waals surface area contributed by atoms with Crippen molar-refractivity contribution in [1.29, 1.82) is 0 Å². The summed E-state index contributed by atoms with van der Waals surface area (Å²) in [5.41, 5.74) is 2.94. The predicted octanol–water partition coefficient (Wildman–Crippen LogP) is 6.58. The third-order valence-electron chi connectivity index (χ3n) is 7.23. The van der Waals surface area contributed by atoms with Crippen molar-refractivity contribution in [2.45, 2.75) is 45.1 Å². The second-order valence-electron chi connectivity index (χ2n) is 10.3. The minimum Gasteiger partial charge on any atom is -0.491 e. The number of carbonyl (C=O) groups excluding carboxylic acids is 2. The minimum absolute atomic E-state index is 0.0448. The van der Waals surface area contributed by atoms with Gasteiger partial charge in [0.15, 0.2) is 0 Å². The Hall–Kier alpha value is -2.83. The zero-order valence-electron chi connectivity index (χ0n) is 21.4. The van der Waals surface area contributed by atoms with Crippen LogP contribution < -0.4 is 4.74 Å². The number of benzene rings is 2. The van der Waals surface area contributed by atoms with E-state index in [1.807, 2.05) is 17.0 Å². The van der Waals surface area contributed by atoms with Gasteiger partial charge in [0, 0.05) is 28.6 Å². The molecule has 0 bridgehead atoms. The van der Waals surface area contributed by atoms with Gasteiger partial charge in [-0.25, -0.2) is 0 Å². The molecule has 0 N–H and O–H groups in total. The van der Waals surface area contributed by atoms with E-state index in [-0.39, 0.29) is 24.4 Å². The Labute approximate surface area is 228 Å². The molecule has 1 fully saturated rings. The highest BCUT2D eigenvalue weighted by molar-refractivity contribution is 7.10. The van der Waals surface area contributed by atoms with E-state index < -0.39 is 0 Å². The second kappa shape index (κ2) is 11.3. The zero-order valence-corrected chi connectivity index (χ0v) is 22.9. The third kappa shape index (κ3) is 6.19. The van der Waals surface area contributed by atoms with Crippen LogP contribution in [-0.2, 0) is 11.2 Å². The normalized spacial score (nSPS) is 17.0. The molecule has 2 heterocycles. The third-order valence-corrected chi connectivity index (χ3v) is 8.46. The lowest BCUT2D eigenvalue weighted by molar-refractivity contribution is -0.135. The first-order valence-electron chi connectivity index (χ1n) is 13.0. The fraction of sp³-hybridized carbons (Fsp3) is 0.400.